The van der Waals surface area contributed by atoms with Gasteiger partial charge in [0.15, 0.2) is 0 Å². The lowest BCUT2D eigenvalue weighted by Gasteiger charge is -1.91. The minimum absolute atomic E-state index is 0.464. The van der Waals surface area contributed by atoms with Crippen molar-refractivity contribution in [3.63, 3.8) is 0 Å². The Labute approximate surface area is 58.4 Å². The molecule has 0 saturated heterocycles. The summed E-state index contributed by atoms with van der Waals surface area (Å²) in [6.45, 7) is 0.464. The second-order valence-electron chi connectivity index (χ2n) is 0.642. The van der Waals surface area contributed by atoms with Gasteiger partial charge in [-0.3, -0.25) is 0 Å². The van der Waals surface area contributed by atoms with Gasteiger partial charge in [-0.2, -0.15) is 0 Å². The van der Waals surface area contributed by atoms with Crippen molar-refractivity contribution in [3.8, 4) is 0 Å². The van der Waals surface area contributed by atoms with Crippen LogP contribution >= 0.6 is 32.2 Å². The summed E-state index contributed by atoms with van der Waals surface area (Å²) in [6.07, 6.45) is 0. The lowest BCUT2D eigenvalue weighted by Crippen LogP contribution is -1.92. The summed E-state index contributed by atoms with van der Waals surface area (Å²) in [5.74, 6) is 0. The van der Waals surface area contributed by atoms with Crippen LogP contribution in [0, 0.1) is 0 Å². The smallest absolute Gasteiger partial charge is 0.146 e. The van der Waals surface area contributed by atoms with E-state index in [0.29, 0.717) is 6.61 Å². The van der Waals surface area contributed by atoms with Gasteiger partial charge in [-0.25, -0.2) is 4.89 Å². The van der Waals surface area contributed by atoms with Gasteiger partial charge in [0.05, 0.1) is 6.61 Å². The molecular formula is C2H4Br2O3. The minimum Gasteiger partial charge on any atom is -0.204 e. The zero-order valence-corrected chi connectivity index (χ0v) is 6.57. The predicted octanol–water partition coefficient (Wildman–Crippen LogP) is 1.57. The second-order valence-corrected chi connectivity index (χ2v) is 1.70. The molecule has 7 heavy (non-hydrogen) atoms. The quantitative estimate of drug-likeness (QED) is 0.321. The molecule has 0 unspecified atom stereocenters. The molecule has 0 saturated carbocycles. The molecule has 0 amide bonds. The Bertz CT molecular complexity index is 30.1. The van der Waals surface area contributed by atoms with Crippen molar-refractivity contribution in [3.05, 3.63) is 0 Å². The van der Waals surface area contributed by atoms with E-state index >= 15 is 0 Å². The Balaban J connectivity index is 2.45. The lowest BCUT2D eigenvalue weighted by molar-refractivity contribution is -0.452. The van der Waals surface area contributed by atoms with E-state index in [1.807, 2.05) is 0 Å². The van der Waals surface area contributed by atoms with E-state index in [1.54, 1.807) is 0 Å². The average molecular weight is 236 g/mol. The Kier molecular flexibility index (Phi) is 7.66. The van der Waals surface area contributed by atoms with Crippen LogP contribution in [0.25, 0.3) is 0 Å². The standard InChI is InChI=1S/C2H4Br2O3/c3-1-2-5-7-6-4/h1-2H2. The van der Waals surface area contributed by atoms with Crippen LogP contribution in [0.1, 0.15) is 0 Å². The van der Waals surface area contributed by atoms with Crippen molar-refractivity contribution in [2.75, 3.05) is 11.9 Å². The summed E-state index contributed by atoms with van der Waals surface area (Å²) >= 11 is 5.62. The molecule has 0 aliphatic rings. The molecule has 0 aliphatic heterocycles. The number of rotatable bonds is 4. The molecule has 0 spiro atoms. The van der Waals surface area contributed by atoms with Crippen LogP contribution in [0.5, 0.6) is 0 Å². The highest BCUT2D eigenvalue weighted by Crippen LogP contribution is 1.88. The summed E-state index contributed by atoms with van der Waals surface area (Å²) in [5.41, 5.74) is 0. The second kappa shape index (κ2) is 6.84. The van der Waals surface area contributed by atoms with Crippen LogP contribution in [0.3, 0.4) is 0 Å². The summed E-state index contributed by atoms with van der Waals surface area (Å²) < 4.78 is 3.91. The van der Waals surface area contributed by atoms with Gasteiger partial charge in [-0.1, -0.05) is 21.0 Å². The van der Waals surface area contributed by atoms with E-state index in [0.717, 1.165) is 5.33 Å². The third kappa shape index (κ3) is 6.84. The van der Waals surface area contributed by atoms with Crippen molar-refractivity contribution >= 4 is 32.2 Å². The van der Waals surface area contributed by atoms with Gasteiger partial charge in [0.25, 0.3) is 0 Å². The van der Waals surface area contributed by atoms with Gasteiger partial charge in [0, 0.05) is 5.33 Å². The molecule has 0 aromatic carbocycles. The molecule has 0 radical (unpaired) electrons. The molecule has 44 valence electrons. The van der Waals surface area contributed by atoms with Crippen LogP contribution in [0.4, 0.5) is 0 Å². The maximum atomic E-state index is 4.32. The highest BCUT2D eigenvalue weighted by molar-refractivity contribution is 9.09. The highest BCUT2D eigenvalue weighted by atomic mass is 79.9. The third-order valence-electron chi connectivity index (χ3n) is 0.234. The fourth-order valence-corrected chi connectivity index (χ4v) is 0.292. The average Bonchev–Trinajstić information content (AvgIpc) is 1.69. The fraction of sp³-hybridized carbons (Fsp3) is 1.00. The third-order valence-corrected chi connectivity index (χ3v) is 0.666. The van der Waals surface area contributed by atoms with Gasteiger partial charge in [0.2, 0.25) is 0 Å². The predicted molar refractivity (Wildman–Crippen MR) is 30.8 cm³/mol. The Morgan fingerprint density at radius 1 is 1.43 bits per heavy atom. The van der Waals surface area contributed by atoms with E-state index < -0.39 is 0 Å². The molecule has 0 heterocycles. The van der Waals surface area contributed by atoms with Crippen LogP contribution < -0.4 is 0 Å². The topological polar surface area (TPSA) is 27.7 Å². The monoisotopic (exact) mass is 234 g/mol. The van der Waals surface area contributed by atoms with Gasteiger partial charge >= 0.3 is 0 Å². The van der Waals surface area contributed by atoms with Crippen LogP contribution in [-0.2, 0) is 13.9 Å². The van der Waals surface area contributed by atoms with Crippen molar-refractivity contribution in [2.24, 2.45) is 0 Å². The number of alkyl halides is 1. The molecule has 0 bridgehead atoms. The molecule has 5 heteroatoms. The fourth-order valence-electron chi connectivity index (χ4n) is 0.0837. The first-order valence-corrected chi connectivity index (χ1v) is 3.31. The zero-order chi connectivity index (χ0) is 5.54. The van der Waals surface area contributed by atoms with Crippen LogP contribution in [0.15, 0.2) is 0 Å². The molecule has 0 atom stereocenters. The molecule has 0 aromatic heterocycles. The highest BCUT2D eigenvalue weighted by Gasteiger charge is 1.81. The molecule has 3 nitrogen and oxygen atoms in total. The molecule has 0 aliphatic carbocycles. The zero-order valence-electron chi connectivity index (χ0n) is 3.39. The first-order chi connectivity index (χ1) is 3.41. The van der Waals surface area contributed by atoms with E-state index in [9.17, 15) is 0 Å². The molecule has 0 rings (SSSR count). The number of halogens is 2. The van der Waals surface area contributed by atoms with Crippen molar-refractivity contribution in [1.29, 1.82) is 0 Å². The minimum atomic E-state index is 0.464. The van der Waals surface area contributed by atoms with Crippen LogP contribution in [0.2, 0.25) is 0 Å². The largest absolute Gasteiger partial charge is 0.204 e. The van der Waals surface area contributed by atoms with Gasteiger partial charge in [0.1, 0.15) is 16.3 Å². The maximum absolute atomic E-state index is 4.32. The molecular weight excluding hydrogens is 232 g/mol. The molecule has 0 aromatic rings. The lowest BCUT2D eigenvalue weighted by atomic mass is 10.9. The van der Waals surface area contributed by atoms with E-state index in [2.05, 4.69) is 46.1 Å². The SMILES string of the molecule is BrCCOOOBr. The molecule has 0 fully saturated rings. The Morgan fingerprint density at radius 2 is 2.14 bits per heavy atom. The van der Waals surface area contributed by atoms with Gasteiger partial charge < -0.3 is 0 Å². The van der Waals surface area contributed by atoms with E-state index in [-0.39, 0.29) is 0 Å². The summed E-state index contributed by atoms with van der Waals surface area (Å²) in [7, 11) is 0. The first-order valence-electron chi connectivity index (χ1n) is 1.54. The first kappa shape index (κ1) is 7.84. The van der Waals surface area contributed by atoms with Gasteiger partial charge in [-0.15, -0.1) is 3.98 Å². The maximum Gasteiger partial charge on any atom is 0.146 e. The number of hydrogen-bond acceptors (Lipinski definition) is 3. The van der Waals surface area contributed by atoms with E-state index in [1.165, 1.54) is 0 Å². The number of hydrogen-bond donors (Lipinski definition) is 0. The summed E-state index contributed by atoms with van der Waals surface area (Å²) in [5, 5.41) is 4.69. The summed E-state index contributed by atoms with van der Waals surface area (Å²) in [4.78, 5) is 4.32. The summed E-state index contributed by atoms with van der Waals surface area (Å²) in [6, 6.07) is 0. The van der Waals surface area contributed by atoms with Gasteiger partial charge in [-0.05, 0) is 0 Å². The normalized spacial score (nSPS) is 9.43. The van der Waals surface area contributed by atoms with Crippen molar-refractivity contribution in [2.45, 2.75) is 0 Å². The van der Waals surface area contributed by atoms with Crippen molar-refractivity contribution < 1.29 is 13.9 Å². The molecule has 0 N–H and O–H groups in total. The Hall–Kier alpha value is 0.840. The Morgan fingerprint density at radius 3 is 2.57 bits per heavy atom. The van der Waals surface area contributed by atoms with Crippen molar-refractivity contribution in [1.82, 2.24) is 0 Å². The van der Waals surface area contributed by atoms with E-state index in [4.69, 9.17) is 0 Å². The van der Waals surface area contributed by atoms with Crippen LogP contribution in [-0.4, -0.2) is 11.9 Å².